The van der Waals surface area contributed by atoms with E-state index < -0.39 is 0 Å². The van der Waals surface area contributed by atoms with E-state index in [1.807, 2.05) is 19.1 Å². The Morgan fingerprint density at radius 2 is 2.00 bits per heavy atom. The van der Waals surface area contributed by atoms with E-state index in [2.05, 4.69) is 6.92 Å². The van der Waals surface area contributed by atoms with Crippen molar-refractivity contribution in [3.63, 3.8) is 0 Å². The first-order chi connectivity index (χ1) is 5.29. The molecule has 0 unspecified atom stereocenters. The van der Waals surface area contributed by atoms with Crippen LogP contribution in [0.4, 0.5) is 0 Å². The Hall–Kier alpha value is 0.284. The Labute approximate surface area is 101 Å². The van der Waals surface area contributed by atoms with Gasteiger partial charge in [0.15, 0.2) is 0 Å². The molecule has 0 aliphatic heterocycles. The van der Waals surface area contributed by atoms with Gasteiger partial charge >= 0.3 is 0 Å². The third-order valence-corrected chi connectivity index (χ3v) is 1.58. The molecule has 0 aromatic rings. The molecule has 0 saturated heterocycles. The largest absolute Gasteiger partial charge is 0.328 e. The summed E-state index contributed by atoms with van der Waals surface area (Å²) in [4.78, 5) is 0. The van der Waals surface area contributed by atoms with Crippen LogP contribution in [0.3, 0.4) is 0 Å². The molecule has 0 atom stereocenters. The molecule has 0 aromatic carbocycles. The zero-order valence-electron chi connectivity index (χ0n) is 7.88. The summed E-state index contributed by atoms with van der Waals surface area (Å²) in [5.74, 6) is 0. The minimum Gasteiger partial charge on any atom is -0.328 e. The molecule has 0 aliphatic rings. The van der Waals surface area contributed by atoms with E-state index in [0.29, 0.717) is 6.54 Å². The first-order valence-electron chi connectivity index (χ1n) is 3.89. The van der Waals surface area contributed by atoms with Crippen molar-refractivity contribution in [2.75, 3.05) is 6.54 Å². The van der Waals surface area contributed by atoms with Crippen molar-refractivity contribution in [1.82, 2.24) is 0 Å². The van der Waals surface area contributed by atoms with Crippen molar-refractivity contribution in [2.24, 2.45) is 5.73 Å². The van der Waals surface area contributed by atoms with Crippen LogP contribution in [0, 0.1) is 6.58 Å². The van der Waals surface area contributed by atoms with Gasteiger partial charge in [0.1, 0.15) is 0 Å². The van der Waals surface area contributed by atoms with Crippen LogP contribution in [0.25, 0.3) is 0 Å². The first-order valence-corrected chi connectivity index (χ1v) is 3.89. The maximum absolute atomic E-state index is 5.53. The fourth-order valence-electron chi connectivity index (χ4n) is 0.959. The molecule has 1 radical (unpaired) electrons. The van der Waals surface area contributed by atoms with Crippen molar-refractivity contribution in [2.45, 2.75) is 20.3 Å². The molecular weight excluding hydrogens is 223 g/mol. The van der Waals surface area contributed by atoms with Gasteiger partial charge in [0.2, 0.25) is 0 Å². The van der Waals surface area contributed by atoms with Crippen LogP contribution in [-0.4, -0.2) is 6.54 Å². The van der Waals surface area contributed by atoms with E-state index in [0.717, 1.165) is 17.6 Å². The minimum absolute atomic E-state index is 0. The summed E-state index contributed by atoms with van der Waals surface area (Å²) in [6.45, 7) is 10.0. The topological polar surface area (TPSA) is 26.0 Å². The third kappa shape index (κ3) is 5.02. The normalized spacial score (nSPS) is 12.2. The molecule has 0 aliphatic carbocycles. The van der Waals surface area contributed by atoms with E-state index in [1.165, 1.54) is 0 Å². The molecule has 12 heavy (non-hydrogen) atoms. The smallest absolute Gasteiger partial charge is 0.00148 e. The molecule has 0 spiro atoms. The zero-order chi connectivity index (χ0) is 8.69. The van der Waals surface area contributed by atoms with Gasteiger partial charge in [0, 0.05) is 39.3 Å². The second-order valence-electron chi connectivity index (χ2n) is 2.27. The van der Waals surface area contributed by atoms with Crippen LogP contribution in [0.2, 0.25) is 0 Å². The molecule has 0 bridgehead atoms. The van der Waals surface area contributed by atoms with Crippen LogP contribution in [-0.2, 0) is 32.7 Å². The summed E-state index contributed by atoms with van der Waals surface area (Å²) in [6, 6.07) is 0. The van der Waals surface area contributed by atoms with Crippen LogP contribution < -0.4 is 5.73 Å². The Kier molecular flexibility index (Phi) is 11.6. The van der Waals surface area contributed by atoms with E-state index in [9.17, 15) is 0 Å². The van der Waals surface area contributed by atoms with E-state index >= 15 is 0 Å². The molecule has 2 N–H and O–H groups in total. The van der Waals surface area contributed by atoms with E-state index in [1.54, 1.807) is 6.08 Å². The van der Waals surface area contributed by atoms with Gasteiger partial charge < -0.3 is 5.73 Å². The van der Waals surface area contributed by atoms with Crippen molar-refractivity contribution >= 4 is 0 Å². The molecule has 0 fully saturated rings. The van der Waals surface area contributed by atoms with Crippen molar-refractivity contribution < 1.29 is 32.7 Å². The van der Waals surface area contributed by atoms with Gasteiger partial charge in [0.25, 0.3) is 0 Å². The van der Waals surface area contributed by atoms with Crippen LogP contribution in [0.1, 0.15) is 20.3 Å². The Morgan fingerprint density at radius 1 is 1.42 bits per heavy atom. The maximum Gasteiger partial charge on any atom is 0.00148 e. The third-order valence-electron chi connectivity index (χ3n) is 1.58. The molecule has 2 heteroatoms. The average Bonchev–Trinajstić information content (AvgIpc) is 2.05. The van der Waals surface area contributed by atoms with Gasteiger partial charge in [-0.05, 0) is 6.92 Å². The van der Waals surface area contributed by atoms with Gasteiger partial charge in [0.05, 0.1) is 0 Å². The quantitative estimate of drug-likeness (QED) is 0.590. The second kappa shape index (κ2) is 9.37. The Balaban J connectivity index is 0. The molecule has 0 heterocycles. The Bertz CT molecular complexity index is 180. The van der Waals surface area contributed by atoms with Gasteiger partial charge in [-0.25, -0.2) is 6.08 Å². The van der Waals surface area contributed by atoms with Gasteiger partial charge in [-0.1, -0.05) is 25.5 Å². The van der Waals surface area contributed by atoms with Crippen LogP contribution >= 0.6 is 0 Å². The second-order valence-corrected chi connectivity index (χ2v) is 2.27. The summed E-state index contributed by atoms with van der Waals surface area (Å²) >= 11 is 0. The minimum atomic E-state index is 0. The predicted octanol–water partition coefficient (Wildman–Crippen LogP) is 2.21. The molecular formula is C10H16NY-. The van der Waals surface area contributed by atoms with Crippen molar-refractivity contribution in [3.05, 3.63) is 36.0 Å². The van der Waals surface area contributed by atoms with Gasteiger partial charge in [-0.2, -0.15) is 5.57 Å². The fraction of sp³-hybridized carbons (Fsp3) is 0.400. The predicted molar refractivity (Wildman–Crippen MR) is 50.1 cm³/mol. The molecule has 0 rings (SSSR count). The molecule has 0 aromatic heterocycles. The summed E-state index contributed by atoms with van der Waals surface area (Å²) in [7, 11) is 0. The Morgan fingerprint density at radius 3 is 2.25 bits per heavy atom. The summed E-state index contributed by atoms with van der Waals surface area (Å²) in [6.07, 6.45) is 6.54. The monoisotopic (exact) mass is 239 g/mol. The van der Waals surface area contributed by atoms with Gasteiger partial charge in [-0.3, -0.25) is 6.58 Å². The number of allylic oxidation sites excluding steroid dienone is 3. The standard InChI is InChI=1S/C10H16N.Y/c1-4-7-10(8-11)9(5-2)6-3;/h2,4-5,7H,6,8,11H2,1,3H3;/q-1;/b7-4-,10-9+;. The summed E-state index contributed by atoms with van der Waals surface area (Å²) in [5.41, 5.74) is 7.78. The van der Waals surface area contributed by atoms with Crippen LogP contribution in [0.15, 0.2) is 29.4 Å². The SMILES string of the molecule is [CH-]=C/C(CC)=C(/C=C\C)CN.[Y]. The number of hydrogen-bond acceptors (Lipinski definition) is 1. The summed E-state index contributed by atoms with van der Waals surface area (Å²) < 4.78 is 0. The molecule has 0 saturated carbocycles. The number of nitrogens with two attached hydrogens (primary N) is 1. The van der Waals surface area contributed by atoms with Crippen molar-refractivity contribution in [3.8, 4) is 0 Å². The number of rotatable bonds is 4. The van der Waals surface area contributed by atoms with Gasteiger partial charge in [-0.15, -0.1) is 5.57 Å². The number of hydrogen-bond donors (Lipinski definition) is 1. The maximum atomic E-state index is 5.53. The fourth-order valence-corrected chi connectivity index (χ4v) is 0.959. The van der Waals surface area contributed by atoms with Crippen LogP contribution in [0.5, 0.6) is 0 Å². The molecule has 0 amide bonds. The van der Waals surface area contributed by atoms with E-state index in [-0.39, 0.29) is 32.7 Å². The molecule has 65 valence electrons. The summed E-state index contributed by atoms with van der Waals surface area (Å²) in [5, 5.41) is 0. The van der Waals surface area contributed by atoms with Crippen molar-refractivity contribution in [1.29, 1.82) is 0 Å². The van der Waals surface area contributed by atoms with E-state index in [4.69, 9.17) is 12.3 Å². The average molecular weight is 239 g/mol. The molecule has 1 nitrogen and oxygen atoms in total. The first kappa shape index (κ1) is 14.8. The zero-order valence-corrected chi connectivity index (χ0v) is 10.7.